The maximum atomic E-state index is 13.3. The van der Waals surface area contributed by atoms with Crippen molar-refractivity contribution in [2.24, 2.45) is 0 Å². The number of alkyl halides is 3. The molecule has 10 heteroatoms. The van der Waals surface area contributed by atoms with Crippen molar-refractivity contribution in [3.8, 4) is 0 Å². The maximum Gasteiger partial charge on any atom is 0.416 e. The summed E-state index contributed by atoms with van der Waals surface area (Å²) in [6.07, 6.45) is -0.0711. The van der Waals surface area contributed by atoms with Gasteiger partial charge in [0.2, 0.25) is 11.8 Å². The predicted molar refractivity (Wildman–Crippen MR) is 154 cm³/mol. The average Bonchev–Trinajstić information content (AvgIpc) is 2.96. The van der Waals surface area contributed by atoms with Crippen molar-refractivity contribution in [2.75, 3.05) is 49.2 Å². The number of carbonyl (C=O) groups is 2. The van der Waals surface area contributed by atoms with Crippen LogP contribution in [0.25, 0.3) is 6.08 Å². The van der Waals surface area contributed by atoms with Crippen molar-refractivity contribution in [1.82, 2.24) is 4.90 Å². The molecule has 3 aromatic carbocycles. The molecule has 2 amide bonds. The third-order valence-corrected chi connectivity index (χ3v) is 6.85. The van der Waals surface area contributed by atoms with Gasteiger partial charge in [-0.2, -0.15) is 13.2 Å². The average molecular weight is 567 g/mol. The van der Waals surface area contributed by atoms with Crippen LogP contribution < -0.4 is 16.4 Å². The van der Waals surface area contributed by atoms with E-state index in [1.165, 1.54) is 18.2 Å². The number of morpholine rings is 1. The fourth-order valence-corrected chi connectivity index (χ4v) is 4.56. The lowest BCUT2D eigenvalue weighted by molar-refractivity contribution is -0.137. The van der Waals surface area contributed by atoms with E-state index in [1.54, 1.807) is 30.3 Å². The van der Waals surface area contributed by atoms with Gasteiger partial charge in [-0.25, -0.2) is 0 Å². The van der Waals surface area contributed by atoms with Crippen LogP contribution in [0.2, 0.25) is 0 Å². The molecule has 7 nitrogen and oxygen atoms in total. The third-order valence-electron chi connectivity index (χ3n) is 6.85. The third kappa shape index (κ3) is 8.92. The van der Waals surface area contributed by atoms with Gasteiger partial charge in [-0.3, -0.25) is 14.5 Å². The molecule has 3 aromatic rings. The monoisotopic (exact) mass is 566 g/mol. The molecular weight excluding hydrogens is 533 g/mol. The van der Waals surface area contributed by atoms with Gasteiger partial charge in [0.1, 0.15) is 0 Å². The van der Waals surface area contributed by atoms with E-state index >= 15 is 0 Å². The quantitative estimate of drug-likeness (QED) is 0.214. The number of halogens is 3. The summed E-state index contributed by atoms with van der Waals surface area (Å²) in [6, 6.07) is 18.7. The maximum absolute atomic E-state index is 13.3. The number of rotatable bonds is 10. The Hall–Kier alpha value is -4.15. The molecule has 0 spiro atoms. The first-order valence-corrected chi connectivity index (χ1v) is 13.4. The standard InChI is InChI=1S/C31H33F3N4O3/c32-31(33,34)24-12-14-25(15-13-24)36-30(40)26(4-3-17-38-18-20-41-21-19-38)23-10-7-22(8-11-23)9-16-29(39)37-28-6-2-1-5-27(28)35/h1-2,5-16,26H,3-4,17-21,35H2,(H,36,40)(H,37,39)/b16-9+. The Morgan fingerprint density at radius 3 is 2.29 bits per heavy atom. The number of amides is 2. The molecule has 41 heavy (non-hydrogen) atoms. The van der Waals surface area contributed by atoms with Crippen molar-refractivity contribution in [3.63, 3.8) is 0 Å². The Morgan fingerprint density at radius 1 is 0.951 bits per heavy atom. The fourth-order valence-electron chi connectivity index (χ4n) is 4.56. The summed E-state index contributed by atoms with van der Waals surface area (Å²) in [5, 5.41) is 5.51. The summed E-state index contributed by atoms with van der Waals surface area (Å²) in [5.41, 5.74) is 7.92. The summed E-state index contributed by atoms with van der Waals surface area (Å²) in [5.74, 6) is -1.14. The molecule has 0 saturated carbocycles. The lowest BCUT2D eigenvalue weighted by Gasteiger charge is -2.27. The minimum absolute atomic E-state index is 0.296. The number of benzene rings is 3. The number of nitrogens with one attached hydrogen (secondary N) is 2. The highest BCUT2D eigenvalue weighted by molar-refractivity contribution is 6.03. The molecule has 1 aliphatic rings. The largest absolute Gasteiger partial charge is 0.416 e. The van der Waals surface area contributed by atoms with Crippen LogP contribution in [0, 0.1) is 0 Å². The number of hydrogen-bond donors (Lipinski definition) is 3. The van der Waals surface area contributed by atoms with Crippen LogP contribution in [0.15, 0.2) is 78.9 Å². The van der Waals surface area contributed by atoms with E-state index in [0.717, 1.165) is 49.3 Å². The number of carbonyl (C=O) groups excluding carboxylic acids is 2. The van der Waals surface area contributed by atoms with E-state index in [4.69, 9.17) is 10.5 Å². The van der Waals surface area contributed by atoms with Crippen molar-refractivity contribution >= 4 is 35.0 Å². The molecular formula is C31H33F3N4O3. The minimum Gasteiger partial charge on any atom is -0.397 e. The molecule has 1 unspecified atom stereocenters. The van der Waals surface area contributed by atoms with Gasteiger partial charge >= 0.3 is 6.18 Å². The zero-order valence-electron chi connectivity index (χ0n) is 22.5. The Labute approximate surface area is 237 Å². The van der Waals surface area contributed by atoms with Crippen molar-refractivity contribution in [2.45, 2.75) is 24.9 Å². The van der Waals surface area contributed by atoms with Crippen LogP contribution in [-0.2, 0) is 20.5 Å². The van der Waals surface area contributed by atoms with Crippen LogP contribution >= 0.6 is 0 Å². The highest BCUT2D eigenvalue weighted by atomic mass is 19.4. The molecule has 216 valence electrons. The summed E-state index contributed by atoms with van der Waals surface area (Å²) >= 11 is 0. The highest BCUT2D eigenvalue weighted by Crippen LogP contribution is 2.30. The summed E-state index contributed by atoms with van der Waals surface area (Å²) in [6.45, 7) is 3.87. The molecule has 4 rings (SSSR count). The van der Waals surface area contributed by atoms with Crippen molar-refractivity contribution in [3.05, 3.63) is 95.6 Å². The Kier molecular flexibility index (Phi) is 10.2. The van der Waals surface area contributed by atoms with E-state index in [0.29, 0.717) is 36.7 Å². The van der Waals surface area contributed by atoms with E-state index in [-0.39, 0.29) is 11.8 Å². The van der Waals surface area contributed by atoms with Crippen LogP contribution in [0.4, 0.5) is 30.2 Å². The molecule has 1 aliphatic heterocycles. The smallest absolute Gasteiger partial charge is 0.397 e. The SMILES string of the molecule is Nc1ccccc1NC(=O)/C=C/c1ccc(C(CCCN2CCOCC2)C(=O)Nc2ccc(C(F)(F)F)cc2)cc1. The Morgan fingerprint density at radius 2 is 1.63 bits per heavy atom. The molecule has 1 heterocycles. The minimum atomic E-state index is -4.45. The van der Waals surface area contributed by atoms with Crippen LogP contribution in [0.1, 0.15) is 35.4 Å². The second kappa shape index (κ2) is 14.0. The molecule has 1 atom stereocenters. The highest BCUT2D eigenvalue weighted by Gasteiger charge is 2.30. The first-order valence-electron chi connectivity index (χ1n) is 13.4. The van der Waals surface area contributed by atoms with Crippen molar-refractivity contribution < 1.29 is 27.5 Å². The van der Waals surface area contributed by atoms with E-state index in [1.807, 2.05) is 24.3 Å². The molecule has 0 bridgehead atoms. The summed E-state index contributed by atoms with van der Waals surface area (Å²) in [4.78, 5) is 27.9. The summed E-state index contributed by atoms with van der Waals surface area (Å²) < 4.78 is 44.2. The van der Waals surface area contributed by atoms with Crippen LogP contribution in [0.5, 0.6) is 0 Å². The second-order valence-electron chi connectivity index (χ2n) is 9.79. The zero-order valence-corrected chi connectivity index (χ0v) is 22.5. The first kappa shape index (κ1) is 29.8. The van der Waals surface area contributed by atoms with Crippen LogP contribution in [-0.4, -0.2) is 49.6 Å². The van der Waals surface area contributed by atoms with Gasteiger partial charge in [0.25, 0.3) is 0 Å². The van der Waals surface area contributed by atoms with Gasteiger partial charge in [0.05, 0.1) is 36.1 Å². The molecule has 1 fully saturated rings. The number of nitrogens with zero attached hydrogens (tertiary/aromatic N) is 1. The van der Waals surface area contributed by atoms with Crippen LogP contribution in [0.3, 0.4) is 0 Å². The molecule has 1 saturated heterocycles. The van der Waals surface area contributed by atoms with Gasteiger partial charge in [-0.15, -0.1) is 0 Å². The molecule has 0 radical (unpaired) electrons. The molecule has 4 N–H and O–H groups in total. The normalized spacial score (nSPS) is 15.0. The summed E-state index contributed by atoms with van der Waals surface area (Å²) in [7, 11) is 0. The van der Waals surface area contributed by atoms with Gasteiger partial charge < -0.3 is 21.1 Å². The lowest BCUT2D eigenvalue weighted by atomic mass is 9.92. The molecule has 0 aliphatic carbocycles. The molecule has 0 aromatic heterocycles. The lowest BCUT2D eigenvalue weighted by Crippen LogP contribution is -2.37. The predicted octanol–water partition coefficient (Wildman–Crippen LogP) is 5.77. The number of ether oxygens (including phenoxy) is 1. The van der Waals surface area contributed by atoms with Gasteiger partial charge in [0, 0.05) is 24.9 Å². The Balaban J connectivity index is 1.43. The van der Waals surface area contributed by atoms with Crippen molar-refractivity contribution in [1.29, 1.82) is 0 Å². The zero-order chi connectivity index (χ0) is 29.2. The van der Waals surface area contributed by atoms with E-state index in [2.05, 4.69) is 15.5 Å². The van der Waals surface area contributed by atoms with Gasteiger partial charge in [0.15, 0.2) is 0 Å². The fraction of sp³-hybridized carbons (Fsp3) is 0.290. The number of nitrogens with two attached hydrogens (primary N) is 1. The number of nitrogen functional groups attached to an aromatic ring is 1. The van der Waals surface area contributed by atoms with Gasteiger partial charge in [-0.1, -0.05) is 36.4 Å². The Bertz CT molecular complexity index is 1340. The number of para-hydroxylation sites is 2. The topological polar surface area (TPSA) is 96.7 Å². The van der Waals surface area contributed by atoms with E-state index in [9.17, 15) is 22.8 Å². The van der Waals surface area contributed by atoms with Gasteiger partial charge in [-0.05, 0) is 73.0 Å². The first-order chi connectivity index (χ1) is 19.7. The van der Waals surface area contributed by atoms with E-state index < -0.39 is 17.7 Å². The number of hydrogen-bond acceptors (Lipinski definition) is 5. The number of anilines is 3. The second-order valence-corrected chi connectivity index (χ2v) is 9.79.